The van der Waals surface area contributed by atoms with Gasteiger partial charge in [-0.15, -0.1) is 0 Å². The van der Waals surface area contributed by atoms with E-state index in [1.807, 2.05) is 6.92 Å². The summed E-state index contributed by atoms with van der Waals surface area (Å²) in [5.41, 5.74) is 0.420. The maximum absolute atomic E-state index is 12.7. The summed E-state index contributed by atoms with van der Waals surface area (Å²) in [7, 11) is 3.02. The molecule has 5 heteroatoms. The highest BCUT2D eigenvalue weighted by molar-refractivity contribution is 6.02. The van der Waals surface area contributed by atoms with Gasteiger partial charge in [0.05, 0.1) is 25.7 Å². The third-order valence-corrected chi connectivity index (χ3v) is 4.13. The zero-order valence-electron chi connectivity index (χ0n) is 12.5. The largest absolute Gasteiger partial charge is 0.497 e. The van der Waals surface area contributed by atoms with Crippen LogP contribution >= 0.6 is 0 Å². The number of carboxylic acids is 1. The number of carboxylic acid groups (broad SMARTS) is 1. The van der Waals surface area contributed by atoms with Gasteiger partial charge in [0.2, 0.25) is 0 Å². The van der Waals surface area contributed by atoms with Gasteiger partial charge in [-0.3, -0.25) is 9.59 Å². The number of benzene rings is 1. The second-order valence-electron chi connectivity index (χ2n) is 5.56. The van der Waals surface area contributed by atoms with Gasteiger partial charge in [-0.25, -0.2) is 0 Å². The average Bonchev–Trinajstić information content (AvgIpc) is 2.88. The first-order valence-corrected chi connectivity index (χ1v) is 6.97. The first-order valence-electron chi connectivity index (χ1n) is 6.97. The quantitative estimate of drug-likeness (QED) is 0.845. The predicted octanol–water partition coefficient (Wildman–Crippen LogP) is 2.63. The molecular formula is C16H20O5. The molecule has 0 saturated heterocycles. The number of ether oxygens (including phenoxy) is 2. The number of aliphatic carboxylic acids is 1. The molecule has 114 valence electrons. The van der Waals surface area contributed by atoms with Crippen molar-refractivity contribution in [3.05, 3.63) is 23.8 Å². The van der Waals surface area contributed by atoms with Gasteiger partial charge in [0, 0.05) is 12.0 Å². The Morgan fingerprint density at radius 2 is 1.81 bits per heavy atom. The van der Waals surface area contributed by atoms with Gasteiger partial charge >= 0.3 is 5.97 Å². The van der Waals surface area contributed by atoms with Crippen molar-refractivity contribution in [2.45, 2.75) is 19.8 Å². The Morgan fingerprint density at radius 3 is 2.38 bits per heavy atom. The van der Waals surface area contributed by atoms with Crippen LogP contribution in [0.15, 0.2) is 18.2 Å². The summed E-state index contributed by atoms with van der Waals surface area (Å²) in [5.74, 6) is -0.902. The number of carbonyl (C=O) groups excluding carboxylic acids is 1. The number of hydrogen-bond acceptors (Lipinski definition) is 4. The molecule has 0 radical (unpaired) electrons. The van der Waals surface area contributed by atoms with E-state index >= 15 is 0 Å². The van der Waals surface area contributed by atoms with Gasteiger partial charge in [0.25, 0.3) is 0 Å². The summed E-state index contributed by atoms with van der Waals surface area (Å²) in [4.78, 5) is 24.0. The van der Waals surface area contributed by atoms with Crippen LogP contribution in [-0.4, -0.2) is 31.1 Å². The van der Waals surface area contributed by atoms with Crippen LogP contribution in [0.1, 0.15) is 30.1 Å². The van der Waals surface area contributed by atoms with Crippen molar-refractivity contribution in [1.29, 1.82) is 0 Å². The SMILES string of the molecule is COc1ccc(C(=O)C2CC(C)CC2C(=O)O)c(OC)c1. The number of Topliss-reactive ketones (excluding diaryl/α,β-unsaturated/α-hetero) is 1. The summed E-state index contributed by atoms with van der Waals surface area (Å²) in [6, 6.07) is 4.97. The monoisotopic (exact) mass is 292 g/mol. The molecule has 1 aliphatic carbocycles. The molecule has 0 heterocycles. The second-order valence-corrected chi connectivity index (χ2v) is 5.56. The number of rotatable bonds is 5. The maximum atomic E-state index is 12.7. The van der Waals surface area contributed by atoms with Crippen LogP contribution in [-0.2, 0) is 4.79 Å². The molecule has 5 nitrogen and oxygen atoms in total. The van der Waals surface area contributed by atoms with E-state index in [1.54, 1.807) is 18.2 Å². The fourth-order valence-corrected chi connectivity index (χ4v) is 3.06. The summed E-state index contributed by atoms with van der Waals surface area (Å²) in [6.07, 6.45) is 1.15. The van der Waals surface area contributed by atoms with Crippen molar-refractivity contribution in [1.82, 2.24) is 0 Å². The summed E-state index contributed by atoms with van der Waals surface area (Å²) in [6.45, 7) is 1.98. The molecule has 0 aromatic heterocycles. The van der Waals surface area contributed by atoms with Gasteiger partial charge in [-0.1, -0.05) is 6.92 Å². The minimum Gasteiger partial charge on any atom is -0.497 e. The topological polar surface area (TPSA) is 72.8 Å². The molecule has 3 unspecified atom stereocenters. The highest BCUT2D eigenvalue weighted by atomic mass is 16.5. The van der Waals surface area contributed by atoms with Crippen LogP contribution in [0.5, 0.6) is 11.5 Å². The fraction of sp³-hybridized carbons (Fsp3) is 0.500. The van der Waals surface area contributed by atoms with Crippen molar-refractivity contribution in [2.75, 3.05) is 14.2 Å². The highest BCUT2D eigenvalue weighted by Crippen LogP contribution is 2.40. The first kappa shape index (κ1) is 15.4. The fourth-order valence-electron chi connectivity index (χ4n) is 3.06. The van der Waals surface area contributed by atoms with Crippen LogP contribution in [0.4, 0.5) is 0 Å². The molecule has 1 aromatic carbocycles. The molecule has 21 heavy (non-hydrogen) atoms. The lowest BCUT2D eigenvalue weighted by atomic mass is 9.88. The standard InChI is InChI=1S/C16H20O5/c1-9-6-12(13(7-9)16(18)19)15(17)11-5-4-10(20-2)8-14(11)21-3/h4-5,8-9,12-13H,6-7H2,1-3H3,(H,18,19). The average molecular weight is 292 g/mol. The minimum atomic E-state index is -0.898. The lowest BCUT2D eigenvalue weighted by Crippen LogP contribution is -2.25. The molecule has 1 aromatic rings. The Labute approximate surface area is 123 Å². The first-order chi connectivity index (χ1) is 9.97. The van der Waals surface area contributed by atoms with Crippen molar-refractivity contribution in [3.63, 3.8) is 0 Å². The van der Waals surface area contributed by atoms with Gasteiger partial charge in [0.15, 0.2) is 5.78 Å². The van der Waals surface area contributed by atoms with E-state index in [4.69, 9.17) is 9.47 Å². The van der Waals surface area contributed by atoms with Gasteiger partial charge in [0.1, 0.15) is 11.5 Å². The van der Waals surface area contributed by atoms with Crippen LogP contribution < -0.4 is 9.47 Å². The van der Waals surface area contributed by atoms with E-state index in [0.29, 0.717) is 29.9 Å². The Balaban J connectivity index is 2.33. The second kappa shape index (κ2) is 6.16. The lowest BCUT2D eigenvalue weighted by molar-refractivity contribution is -0.142. The van der Waals surface area contributed by atoms with Crippen molar-refractivity contribution in [3.8, 4) is 11.5 Å². The Kier molecular flexibility index (Phi) is 4.50. The zero-order valence-corrected chi connectivity index (χ0v) is 12.5. The Morgan fingerprint density at radius 1 is 1.14 bits per heavy atom. The molecule has 1 saturated carbocycles. The van der Waals surface area contributed by atoms with E-state index in [0.717, 1.165) is 0 Å². The highest BCUT2D eigenvalue weighted by Gasteiger charge is 2.42. The molecule has 0 bridgehead atoms. The maximum Gasteiger partial charge on any atom is 0.307 e. The molecule has 1 N–H and O–H groups in total. The number of ketones is 1. The van der Waals surface area contributed by atoms with Crippen LogP contribution in [0.2, 0.25) is 0 Å². The molecule has 1 fully saturated rings. The van der Waals surface area contributed by atoms with E-state index in [9.17, 15) is 14.7 Å². The lowest BCUT2D eigenvalue weighted by Gasteiger charge is -2.16. The van der Waals surface area contributed by atoms with Gasteiger partial charge in [-0.05, 0) is 30.9 Å². The number of carbonyl (C=O) groups is 2. The Hall–Kier alpha value is -2.04. The smallest absolute Gasteiger partial charge is 0.307 e. The van der Waals surface area contributed by atoms with Gasteiger partial charge in [-0.2, -0.15) is 0 Å². The van der Waals surface area contributed by atoms with Crippen molar-refractivity contribution >= 4 is 11.8 Å². The number of methoxy groups -OCH3 is 2. The third-order valence-electron chi connectivity index (χ3n) is 4.13. The summed E-state index contributed by atoms with van der Waals surface area (Å²) < 4.78 is 10.4. The predicted molar refractivity (Wildman–Crippen MR) is 76.9 cm³/mol. The van der Waals surface area contributed by atoms with Gasteiger partial charge < -0.3 is 14.6 Å². The third kappa shape index (κ3) is 3.01. The minimum absolute atomic E-state index is 0.161. The van der Waals surface area contributed by atoms with Crippen LogP contribution in [0.25, 0.3) is 0 Å². The van der Waals surface area contributed by atoms with E-state index in [1.165, 1.54) is 14.2 Å². The zero-order chi connectivity index (χ0) is 15.6. The normalized spacial score (nSPS) is 24.6. The molecule has 2 rings (SSSR count). The molecule has 3 atom stereocenters. The van der Waals surface area contributed by atoms with E-state index in [2.05, 4.69) is 0 Å². The Bertz CT molecular complexity index is 552. The van der Waals surface area contributed by atoms with Crippen molar-refractivity contribution in [2.24, 2.45) is 17.8 Å². The summed E-state index contributed by atoms with van der Waals surface area (Å²) >= 11 is 0. The van der Waals surface area contributed by atoms with Crippen molar-refractivity contribution < 1.29 is 24.2 Å². The van der Waals surface area contributed by atoms with E-state index in [-0.39, 0.29) is 11.7 Å². The summed E-state index contributed by atoms with van der Waals surface area (Å²) in [5, 5.41) is 9.30. The molecule has 0 spiro atoms. The molecular weight excluding hydrogens is 272 g/mol. The number of hydrogen-bond donors (Lipinski definition) is 1. The molecule has 1 aliphatic rings. The van der Waals surface area contributed by atoms with Crippen LogP contribution in [0.3, 0.4) is 0 Å². The molecule has 0 aliphatic heterocycles. The molecule has 0 amide bonds. The van der Waals surface area contributed by atoms with Crippen LogP contribution in [0, 0.1) is 17.8 Å². The van der Waals surface area contributed by atoms with E-state index < -0.39 is 17.8 Å².